The Morgan fingerprint density at radius 2 is 1.75 bits per heavy atom. The maximum Gasteiger partial charge on any atom is 0.341 e. The molecule has 36 heavy (non-hydrogen) atoms. The lowest BCUT2D eigenvalue weighted by molar-refractivity contribution is 0.0601. The molecule has 6 nitrogen and oxygen atoms in total. The summed E-state index contributed by atoms with van der Waals surface area (Å²) in [5, 5.41) is 4.98. The molecule has 0 unspecified atom stereocenters. The minimum atomic E-state index is -0.270. The van der Waals surface area contributed by atoms with Crippen LogP contribution >= 0.6 is 23.6 Å². The topological polar surface area (TPSA) is 63.6 Å². The van der Waals surface area contributed by atoms with Gasteiger partial charge in [-0.15, -0.1) is 11.3 Å². The fourth-order valence-corrected chi connectivity index (χ4v) is 7.86. The number of aromatic nitrogens is 1. The molecule has 0 radical (unpaired) electrons. The summed E-state index contributed by atoms with van der Waals surface area (Å²) in [4.78, 5) is 28.9. The van der Waals surface area contributed by atoms with Crippen molar-refractivity contribution >= 4 is 39.6 Å². The van der Waals surface area contributed by atoms with Gasteiger partial charge in [-0.05, 0) is 61.9 Å². The normalized spacial score (nSPS) is 22.4. The first-order valence-electron chi connectivity index (χ1n) is 13.5. The maximum absolute atomic E-state index is 13.0. The number of thiophene rings is 1. The molecule has 1 saturated heterocycles. The maximum atomic E-state index is 13.0. The van der Waals surface area contributed by atoms with E-state index in [-0.39, 0.29) is 17.4 Å². The summed E-state index contributed by atoms with van der Waals surface area (Å²) < 4.78 is 7.19. The fraction of sp³-hybridized carbons (Fsp3) is 0.607. The van der Waals surface area contributed by atoms with Gasteiger partial charge < -0.3 is 19.5 Å². The molecule has 2 atom stereocenters. The molecule has 2 aromatic rings. The number of likely N-dealkylation sites (tertiary alicyclic amines) is 1. The number of carbonyl (C=O) groups excluding carboxylic acids is 1. The molecular formula is C28H37N3O3S2. The lowest BCUT2D eigenvalue weighted by Crippen LogP contribution is -2.50. The van der Waals surface area contributed by atoms with Crippen LogP contribution in [0.3, 0.4) is 0 Å². The van der Waals surface area contributed by atoms with Crippen molar-refractivity contribution in [3.05, 3.63) is 50.3 Å². The zero-order chi connectivity index (χ0) is 25.1. The average molecular weight is 528 g/mol. The largest absolute Gasteiger partial charge is 0.465 e. The van der Waals surface area contributed by atoms with Gasteiger partial charge in [0.25, 0.3) is 5.56 Å². The molecule has 0 spiro atoms. The Morgan fingerprint density at radius 1 is 1.03 bits per heavy atom. The quantitative estimate of drug-likeness (QED) is 0.397. The van der Waals surface area contributed by atoms with Crippen molar-refractivity contribution in [2.75, 3.05) is 25.5 Å². The Morgan fingerprint density at radius 3 is 2.50 bits per heavy atom. The van der Waals surface area contributed by atoms with E-state index >= 15 is 0 Å². The first-order chi connectivity index (χ1) is 17.5. The van der Waals surface area contributed by atoms with E-state index in [0.29, 0.717) is 16.6 Å². The van der Waals surface area contributed by atoms with E-state index in [2.05, 4.69) is 16.3 Å². The number of nitrogens with one attached hydrogen (secondary N) is 1. The van der Waals surface area contributed by atoms with Crippen LogP contribution < -0.4 is 10.9 Å². The predicted octanol–water partition coefficient (Wildman–Crippen LogP) is 5.73. The number of carbonyl (C=O) groups is 1. The Hall–Kier alpha value is -2.19. The monoisotopic (exact) mass is 527 g/mol. The van der Waals surface area contributed by atoms with Crippen LogP contribution in [0.15, 0.2) is 23.0 Å². The van der Waals surface area contributed by atoms with Crippen LogP contribution in [-0.4, -0.2) is 40.7 Å². The van der Waals surface area contributed by atoms with Crippen molar-refractivity contribution in [2.45, 2.75) is 83.1 Å². The summed E-state index contributed by atoms with van der Waals surface area (Å²) in [5.74, 6) is 0.406. The van der Waals surface area contributed by atoms with Crippen molar-refractivity contribution < 1.29 is 9.53 Å². The lowest BCUT2D eigenvalue weighted by atomic mass is 9.83. The molecule has 0 saturated carbocycles. The third-order valence-corrected chi connectivity index (χ3v) is 9.62. The molecule has 5 rings (SSSR count). The molecule has 3 aliphatic rings. The van der Waals surface area contributed by atoms with Gasteiger partial charge in [0, 0.05) is 42.2 Å². The number of aryl methyl sites for hydroxylation is 1. The number of hydrogen-bond acceptors (Lipinski definition) is 5. The molecule has 1 fully saturated rings. The zero-order valence-electron chi connectivity index (χ0n) is 21.2. The Balaban J connectivity index is 1.37. The van der Waals surface area contributed by atoms with Gasteiger partial charge in [-0.1, -0.05) is 44.6 Å². The number of anilines is 1. The Kier molecular flexibility index (Phi) is 8.11. The molecule has 2 bridgehead atoms. The molecule has 8 heteroatoms. The van der Waals surface area contributed by atoms with Gasteiger partial charge in [-0.3, -0.25) is 4.79 Å². The van der Waals surface area contributed by atoms with Crippen LogP contribution in [0.25, 0.3) is 0 Å². The number of hydrogen-bond donors (Lipinski definition) is 1. The second-order valence-corrected chi connectivity index (χ2v) is 12.1. The van der Waals surface area contributed by atoms with E-state index in [9.17, 15) is 9.59 Å². The average Bonchev–Trinajstić information content (AvgIpc) is 3.20. The van der Waals surface area contributed by atoms with E-state index in [4.69, 9.17) is 17.0 Å². The van der Waals surface area contributed by atoms with Crippen LogP contribution in [0.4, 0.5) is 5.00 Å². The van der Waals surface area contributed by atoms with Gasteiger partial charge in [0.15, 0.2) is 5.11 Å². The van der Waals surface area contributed by atoms with Gasteiger partial charge in [0.2, 0.25) is 0 Å². The number of piperidine rings is 1. The summed E-state index contributed by atoms with van der Waals surface area (Å²) in [7, 11) is 1.47. The number of rotatable bonds is 2. The van der Waals surface area contributed by atoms with E-state index in [1.807, 2.05) is 10.6 Å². The second-order valence-electron chi connectivity index (χ2n) is 10.6. The van der Waals surface area contributed by atoms with Crippen LogP contribution in [0.1, 0.15) is 90.2 Å². The third kappa shape index (κ3) is 5.40. The number of esters is 1. The molecule has 2 aliphatic heterocycles. The van der Waals surface area contributed by atoms with Crippen molar-refractivity contribution in [1.29, 1.82) is 0 Å². The predicted molar refractivity (Wildman–Crippen MR) is 149 cm³/mol. The molecule has 0 aromatic carbocycles. The summed E-state index contributed by atoms with van der Waals surface area (Å²) in [6.07, 6.45) is 13.0. The van der Waals surface area contributed by atoms with Crippen molar-refractivity contribution in [2.24, 2.45) is 5.92 Å². The van der Waals surface area contributed by atoms with Crippen LogP contribution in [0, 0.1) is 5.92 Å². The van der Waals surface area contributed by atoms with Gasteiger partial charge in [-0.2, -0.15) is 0 Å². The third-order valence-electron chi connectivity index (χ3n) is 8.05. The number of thiocarbonyl (C=S) groups is 1. The molecule has 0 amide bonds. The van der Waals surface area contributed by atoms with Crippen LogP contribution in [0.5, 0.6) is 0 Å². The number of fused-ring (bicyclic) bond motifs is 5. The highest BCUT2D eigenvalue weighted by Crippen LogP contribution is 2.39. The van der Waals surface area contributed by atoms with Crippen molar-refractivity contribution in [1.82, 2.24) is 9.47 Å². The highest BCUT2D eigenvalue weighted by atomic mass is 32.1. The van der Waals surface area contributed by atoms with E-state index < -0.39 is 0 Å². The second kappa shape index (κ2) is 11.5. The number of ether oxygens (including phenoxy) is 1. The molecule has 4 heterocycles. The first-order valence-corrected chi connectivity index (χ1v) is 14.8. The van der Waals surface area contributed by atoms with Gasteiger partial charge >= 0.3 is 5.97 Å². The molecule has 2 aromatic heterocycles. The van der Waals surface area contributed by atoms with Gasteiger partial charge in [-0.25, -0.2) is 4.79 Å². The summed E-state index contributed by atoms with van der Waals surface area (Å²) >= 11 is 7.60. The van der Waals surface area contributed by atoms with E-state index in [1.54, 1.807) is 17.4 Å². The summed E-state index contributed by atoms with van der Waals surface area (Å²) in [5.41, 5.74) is 3.06. The zero-order valence-corrected chi connectivity index (χ0v) is 22.9. The lowest BCUT2D eigenvalue weighted by Gasteiger charge is -2.43. The molecule has 1 N–H and O–H groups in total. The van der Waals surface area contributed by atoms with Crippen molar-refractivity contribution in [3.63, 3.8) is 0 Å². The smallest absolute Gasteiger partial charge is 0.341 e. The van der Waals surface area contributed by atoms with Gasteiger partial charge in [0.1, 0.15) is 5.00 Å². The number of pyridine rings is 1. The van der Waals surface area contributed by atoms with Crippen LogP contribution in [-0.2, 0) is 24.1 Å². The van der Waals surface area contributed by atoms with Crippen molar-refractivity contribution in [3.8, 4) is 0 Å². The SMILES string of the molecule is COC(=O)c1c(NC(=S)N2C[C@@H]3C[C@@H](C2)c2cccc(=O)n2C3)sc2c1CCCCCCCCCC2. The van der Waals surface area contributed by atoms with E-state index in [1.165, 1.54) is 56.1 Å². The number of nitrogens with zero attached hydrogens (tertiary/aromatic N) is 2. The summed E-state index contributed by atoms with van der Waals surface area (Å²) in [6, 6.07) is 5.59. The van der Waals surface area contributed by atoms with Crippen LogP contribution in [0.2, 0.25) is 0 Å². The molecule has 1 aliphatic carbocycles. The Labute approximate surface area is 223 Å². The fourth-order valence-electron chi connectivity index (χ4n) is 6.27. The molecule has 194 valence electrons. The minimum absolute atomic E-state index is 0.0908. The van der Waals surface area contributed by atoms with E-state index in [0.717, 1.165) is 62.4 Å². The summed E-state index contributed by atoms with van der Waals surface area (Å²) in [6.45, 7) is 2.34. The first kappa shape index (κ1) is 25.5. The highest BCUT2D eigenvalue weighted by Gasteiger charge is 2.36. The standard InChI is InChI=1S/C28H37N3O3S2/c1-34-27(33)25-21-11-8-6-4-2-3-5-7-9-13-23(21)36-26(25)29-28(35)30-16-19-15-20(18-30)22-12-10-14-24(32)31(22)17-19/h10,12,14,19-20H,2-9,11,13,15-18H2,1H3,(H,29,35)/t19-,20-/m0/s1. The number of methoxy groups -OCH3 is 1. The minimum Gasteiger partial charge on any atom is -0.465 e. The van der Waals surface area contributed by atoms with Gasteiger partial charge in [0.05, 0.1) is 12.7 Å². The Bertz CT molecular complexity index is 1170. The highest BCUT2D eigenvalue weighted by molar-refractivity contribution is 7.80. The molecular weight excluding hydrogens is 490 g/mol.